The van der Waals surface area contributed by atoms with Crippen molar-refractivity contribution in [3.05, 3.63) is 147 Å². The minimum absolute atomic E-state index is 0.630. The van der Waals surface area contributed by atoms with E-state index in [1.165, 1.54) is 38.5 Å². The molecule has 288 valence electrons. The zero-order valence-corrected chi connectivity index (χ0v) is 34.4. The van der Waals surface area contributed by atoms with Gasteiger partial charge in [-0.1, -0.05) is 136 Å². The van der Waals surface area contributed by atoms with Crippen molar-refractivity contribution in [1.29, 1.82) is 0 Å². The quantitative estimate of drug-likeness (QED) is 0.0361. The molecule has 0 amide bonds. The third-order valence-electron chi connectivity index (χ3n) is 8.93. The summed E-state index contributed by atoms with van der Waals surface area (Å²) in [4.78, 5) is 0. The van der Waals surface area contributed by atoms with Crippen molar-refractivity contribution in [2.75, 3.05) is 12.3 Å². The van der Waals surface area contributed by atoms with Gasteiger partial charge in [0.25, 0.3) is 14.9 Å². The van der Waals surface area contributed by atoms with Crippen molar-refractivity contribution in [2.45, 2.75) is 89.9 Å². The van der Waals surface area contributed by atoms with Gasteiger partial charge in [0.2, 0.25) is 0 Å². The highest BCUT2D eigenvalue weighted by molar-refractivity contribution is 7.82. The second-order valence-corrected chi connectivity index (χ2v) is 21.0. The van der Waals surface area contributed by atoms with E-state index in [2.05, 4.69) is 13.2 Å². The van der Waals surface area contributed by atoms with E-state index in [9.17, 15) is 0 Å². The van der Waals surface area contributed by atoms with Gasteiger partial charge in [-0.2, -0.15) is 4.52 Å². The van der Waals surface area contributed by atoms with Crippen LogP contribution in [0.2, 0.25) is 0 Å². The third kappa shape index (κ3) is 13.8. The molecule has 7 nitrogen and oxygen atoms in total. The van der Waals surface area contributed by atoms with Gasteiger partial charge in [-0.25, -0.2) is 0 Å². The average Bonchev–Trinajstić information content (AvgIpc) is 3.18. The van der Waals surface area contributed by atoms with E-state index in [-0.39, 0.29) is 0 Å². The average molecular weight is 786 g/mol. The monoisotopic (exact) mass is 785 g/mol. The highest BCUT2D eigenvalue weighted by Crippen LogP contribution is 2.78. The number of nitrogens with zero attached hydrogens (tertiary/aromatic N) is 3. The molecule has 4 aromatic rings. The molecule has 2 atom stereocenters. The van der Waals surface area contributed by atoms with Crippen LogP contribution in [0.4, 0.5) is 0 Å². The van der Waals surface area contributed by atoms with Crippen molar-refractivity contribution in [3.8, 4) is 23.0 Å². The summed E-state index contributed by atoms with van der Waals surface area (Å²) in [6.45, 7) is 7.76. The van der Waals surface area contributed by atoms with Crippen molar-refractivity contribution in [3.63, 3.8) is 0 Å². The molecule has 5 rings (SSSR count). The van der Waals surface area contributed by atoms with Crippen LogP contribution >= 0.6 is 22.5 Å². The van der Waals surface area contributed by atoms with Crippen molar-refractivity contribution in [2.24, 2.45) is 13.5 Å². The van der Waals surface area contributed by atoms with Crippen LogP contribution in [-0.4, -0.2) is 12.3 Å². The fourth-order valence-corrected chi connectivity index (χ4v) is 18.0. The summed E-state index contributed by atoms with van der Waals surface area (Å²) in [5.41, 5.74) is 0. The molecule has 10 heteroatoms. The number of hydrogen-bond donors (Lipinski definition) is 0. The Morgan fingerprint density at radius 2 is 0.685 bits per heavy atom. The van der Waals surface area contributed by atoms with E-state index < -0.39 is 22.5 Å². The molecule has 1 heterocycles. The highest BCUT2D eigenvalue weighted by atomic mass is 31.3. The Morgan fingerprint density at radius 1 is 0.370 bits per heavy atom. The van der Waals surface area contributed by atoms with Crippen molar-refractivity contribution >= 4 is 22.5 Å². The molecule has 4 aromatic carbocycles. The lowest BCUT2D eigenvalue weighted by atomic mass is 10.1. The molecule has 0 saturated heterocycles. The smallest absolute Gasteiger partial charge is 0.441 e. The molecule has 0 aliphatic carbocycles. The molecule has 0 spiro atoms. The maximum atomic E-state index is 7.12. The number of benzene rings is 4. The number of hydrogen-bond acceptors (Lipinski definition) is 7. The van der Waals surface area contributed by atoms with Gasteiger partial charge in [-0.05, 0) is 87.1 Å². The van der Waals surface area contributed by atoms with Crippen LogP contribution in [0.3, 0.4) is 0 Å². The molecule has 0 fully saturated rings. The molecule has 1 aliphatic rings. The zero-order chi connectivity index (χ0) is 37.6. The Bertz CT molecular complexity index is 1740. The molecular weight excluding hydrogens is 727 g/mol. The van der Waals surface area contributed by atoms with Crippen LogP contribution in [0, 0.1) is 0 Å². The zero-order valence-electron chi connectivity index (χ0n) is 31.7. The molecule has 0 bridgehead atoms. The molecule has 0 N–H and O–H groups in total. The van der Waals surface area contributed by atoms with E-state index in [0.717, 1.165) is 62.9 Å². The molecular formula is C44H58N3O4P3. The number of rotatable bonds is 26. The molecule has 54 heavy (non-hydrogen) atoms. The Balaban J connectivity index is 1.63. The van der Waals surface area contributed by atoms with Gasteiger partial charge in [0, 0.05) is 12.3 Å². The van der Waals surface area contributed by atoms with Gasteiger partial charge < -0.3 is 18.1 Å². The van der Waals surface area contributed by atoms with Gasteiger partial charge >= 0.3 is 7.66 Å². The number of para-hydroxylation sites is 4. The first-order valence-corrected chi connectivity index (χ1v) is 24.8. The van der Waals surface area contributed by atoms with Crippen LogP contribution in [0.5, 0.6) is 23.0 Å². The maximum Gasteiger partial charge on any atom is 0.455 e. The molecule has 2 unspecified atom stereocenters. The first-order valence-electron chi connectivity index (χ1n) is 19.7. The summed E-state index contributed by atoms with van der Waals surface area (Å²) in [7, 11) is -9.61. The maximum absolute atomic E-state index is 7.12. The lowest BCUT2D eigenvalue weighted by Gasteiger charge is -2.35. The minimum atomic E-state index is -3.51. The fraction of sp³-hybridized carbons (Fsp3) is 0.364. The minimum Gasteiger partial charge on any atom is -0.441 e. The van der Waals surface area contributed by atoms with Crippen molar-refractivity contribution in [1.82, 2.24) is 0 Å². The lowest BCUT2D eigenvalue weighted by Crippen LogP contribution is -2.09. The summed E-state index contributed by atoms with van der Waals surface area (Å²) in [6, 6.07) is 39.4. The second kappa shape index (κ2) is 22.6. The lowest BCUT2D eigenvalue weighted by molar-refractivity contribution is 0.474. The molecule has 0 aromatic heterocycles. The molecule has 0 saturated carbocycles. The largest absolute Gasteiger partial charge is 0.455 e. The summed E-state index contributed by atoms with van der Waals surface area (Å²) in [6.07, 6.45) is 20.8. The van der Waals surface area contributed by atoms with Gasteiger partial charge in [-0.3, -0.25) is 0 Å². The number of unbranched alkanes of at least 4 members (excludes halogenated alkanes) is 12. The Labute approximate surface area is 324 Å². The topological polar surface area (TPSA) is 74.0 Å². The predicted molar refractivity (Wildman–Crippen MR) is 231 cm³/mol. The van der Waals surface area contributed by atoms with E-state index in [1.54, 1.807) is 0 Å². The first kappa shape index (κ1) is 41.4. The highest BCUT2D eigenvalue weighted by Gasteiger charge is 2.44. The molecule has 0 radical (unpaired) electrons. The van der Waals surface area contributed by atoms with E-state index in [0.29, 0.717) is 23.8 Å². The first-order chi connectivity index (χ1) is 26.6. The second-order valence-electron chi connectivity index (χ2n) is 13.6. The summed E-state index contributed by atoms with van der Waals surface area (Å²) in [5.74, 6) is 2.70. The van der Waals surface area contributed by atoms with Crippen LogP contribution < -0.4 is 18.1 Å². The van der Waals surface area contributed by atoms with Gasteiger partial charge in [0.15, 0.2) is 0 Å². The van der Waals surface area contributed by atoms with E-state index >= 15 is 0 Å². The summed E-state index contributed by atoms with van der Waals surface area (Å²) in [5, 5.41) is 0. The standard InChI is InChI=1S/C44H58N3O4P3/c1-3-5-7-9-11-13-15-29-39-52(48-41-31-21-17-22-32-41)45-53(49-42-33-23-18-24-34-42,40-30-16-14-12-10-8-6-4-2)47-54(46-52,50-43-35-25-19-26-36-43)51-44-37-27-20-28-38-44/h3-4,17-28,31-38H,1-2,5-16,29-30,39-40H2. The van der Waals surface area contributed by atoms with E-state index in [1.807, 2.05) is 133 Å². The normalized spacial score (nSPS) is 18.6. The fourth-order valence-electron chi connectivity index (χ4n) is 6.22. The van der Waals surface area contributed by atoms with Gasteiger partial charge in [0.05, 0.1) is 0 Å². The van der Waals surface area contributed by atoms with Crippen LogP contribution in [-0.2, 0) is 0 Å². The summed E-state index contributed by atoms with van der Waals surface area (Å²) < 4.78 is 45.0. The SMILES string of the molecule is C=CCCCCCCCCP1(Oc2ccccc2)=NP(CCCCCCCCC=C)(Oc2ccccc2)=NP(Oc2ccccc2)(Oc2ccccc2)=N1. The number of allylic oxidation sites excluding steroid dienone is 2. The van der Waals surface area contributed by atoms with Crippen LogP contribution in [0.1, 0.15) is 89.9 Å². The Kier molecular flexibility index (Phi) is 17.3. The predicted octanol–water partition coefficient (Wildman–Crippen LogP) is 16.2. The van der Waals surface area contributed by atoms with Gasteiger partial charge in [0.1, 0.15) is 23.0 Å². The van der Waals surface area contributed by atoms with Crippen molar-refractivity contribution < 1.29 is 18.1 Å². The van der Waals surface area contributed by atoms with Crippen LogP contribution in [0.25, 0.3) is 0 Å². The summed E-state index contributed by atoms with van der Waals surface area (Å²) >= 11 is 0. The third-order valence-corrected chi connectivity index (χ3v) is 18.9. The Hall–Kier alpha value is -3.75. The van der Waals surface area contributed by atoms with E-state index in [4.69, 9.17) is 31.6 Å². The molecule has 1 aliphatic heterocycles. The Morgan fingerprint density at radius 3 is 1.06 bits per heavy atom. The van der Waals surface area contributed by atoms with Gasteiger partial charge in [-0.15, -0.1) is 22.2 Å². The van der Waals surface area contributed by atoms with Crippen LogP contribution in [0.15, 0.2) is 160 Å².